The number of aromatic nitrogens is 3. The highest BCUT2D eigenvalue weighted by Gasteiger charge is 2.29. The van der Waals surface area contributed by atoms with E-state index in [1.54, 1.807) is 18.5 Å². The molecule has 1 N–H and O–H groups in total. The molecule has 0 aliphatic carbocycles. The van der Waals surface area contributed by atoms with Crippen LogP contribution in [0.3, 0.4) is 0 Å². The van der Waals surface area contributed by atoms with Crippen LogP contribution in [0, 0.1) is 0 Å². The van der Waals surface area contributed by atoms with E-state index in [0.29, 0.717) is 29.9 Å². The van der Waals surface area contributed by atoms with E-state index in [4.69, 9.17) is 4.74 Å². The number of anilines is 1. The number of amides is 2. The van der Waals surface area contributed by atoms with Crippen molar-refractivity contribution in [2.75, 3.05) is 31.6 Å². The molecule has 1 saturated heterocycles. The summed E-state index contributed by atoms with van der Waals surface area (Å²) in [5, 5.41) is 3.04. The third kappa shape index (κ3) is 4.94. The summed E-state index contributed by atoms with van der Waals surface area (Å²) >= 11 is 0. The van der Waals surface area contributed by atoms with Crippen molar-refractivity contribution in [1.29, 1.82) is 0 Å². The quantitative estimate of drug-likeness (QED) is 0.609. The summed E-state index contributed by atoms with van der Waals surface area (Å²) in [5.74, 6) is 0.413. The summed E-state index contributed by atoms with van der Waals surface area (Å²) in [4.78, 5) is 42.2. The summed E-state index contributed by atoms with van der Waals surface area (Å²) in [6, 6.07) is 9.43. The van der Waals surface area contributed by atoms with Gasteiger partial charge in [0.15, 0.2) is 0 Å². The first kappa shape index (κ1) is 22.8. The van der Waals surface area contributed by atoms with Crippen LogP contribution in [0.1, 0.15) is 51.6 Å². The SMILES string of the molecule is CN(C(=O)c1ccc2c(c1)C(NC(=O)c1cncnc1)CCO2)C1CCN(c2ccncc2)CC1. The van der Waals surface area contributed by atoms with Gasteiger partial charge in [0.1, 0.15) is 12.1 Å². The Morgan fingerprint density at radius 2 is 1.74 bits per heavy atom. The second-order valence-electron chi connectivity index (χ2n) is 8.88. The van der Waals surface area contributed by atoms with Crippen LogP contribution in [-0.2, 0) is 0 Å². The van der Waals surface area contributed by atoms with Gasteiger partial charge in [-0.15, -0.1) is 0 Å². The summed E-state index contributed by atoms with van der Waals surface area (Å²) in [5.41, 5.74) is 2.96. The molecule has 9 heteroatoms. The van der Waals surface area contributed by atoms with E-state index < -0.39 is 0 Å². The number of carbonyl (C=O) groups excluding carboxylic acids is 2. The number of rotatable bonds is 5. The summed E-state index contributed by atoms with van der Waals surface area (Å²) in [6.07, 6.45) is 10.4. The van der Waals surface area contributed by atoms with Crippen LogP contribution in [0.4, 0.5) is 5.69 Å². The molecule has 2 amide bonds. The molecule has 1 aromatic carbocycles. The van der Waals surface area contributed by atoms with Crippen LogP contribution in [0.5, 0.6) is 5.75 Å². The van der Waals surface area contributed by atoms with Gasteiger partial charge in [-0.2, -0.15) is 0 Å². The lowest BCUT2D eigenvalue weighted by Crippen LogP contribution is -2.45. The highest BCUT2D eigenvalue weighted by Crippen LogP contribution is 2.33. The first-order valence-electron chi connectivity index (χ1n) is 11.8. The van der Waals surface area contributed by atoms with E-state index >= 15 is 0 Å². The molecular formula is C26H28N6O3. The fourth-order valence-electron chi connectivity index (χ4n) is 4.77. The summed E-state index contributed by atoms with van der Waals surface area (Å²) in [6.45, 7) is 2.27. The molecule has 1 unspecified atom stereocenters. The van der Waals surface area contributed by atoms with Crippen molar-refractivity contribution < 1.29 is 14.3 Å². The van der Waals surface area contributed by atoms with Gasteiger partial charge in [-0.05, 0) is 43.2 Å². The molecule has 4 heterocycles. The van der Waals surface area contributed by atoms with Crippen molar-refractivity contribution in [2.45, 2.75) is 31.3 Å². The third-order valence-electron chi connectivity index (χ3n) is 6.78. The number of carbonyl (C=O) groups is 2. The van der Waals surface area contributed by atoms with Crippen molar-refractivity contribution >= 4 is 17.5 Å². The number of hydrogen-bond donors (Lipinski definition) is 1. The Labute approximate surface area is 204 Å². The van der Waals surface area contributed by atoms with E-state index in [-0.39, 0.29) is 23.9 Å². The number of nitrogens with zero attached hydrogens (tertiary/aromatic N) is 5. The highest BCUT2D eigenvalue weighted by molar-refractivity contribution is 5.95. The van der Waals surface area contributed by atoms with Crippen molar-refractivity contribution in [3.8, 4) is 5.75 Å². The van der Waals surface area contributed by atoms with Gasteiger partial charge in [-0.3, -0.25) is 14.6 Å². The predicted octanol–water partition coefficient (Wildman–Crippen LogP) is 2.87. The lowest BCUT2D eigenvalue weighted by atomic mass is 9.96. The molecule has 1 fully saturated rings. The Bertz CT molecular complexity index is 1180. The van der Waals surface area contributed by atoms with E-state index in [9.17, 15) is 9.59 Å². The maximum absolute atomic E-state index is 13.4. The van der Waals surface area contributed by atoms with Crippen molar-refractivity contribution in [1.82, 2.24) is 25.2 Å². The number of ether oxygens (including phenoxy) is 1. The normalized spacial score (nSPS) is 17.7. The predicted molar refractivity (Wildman–Crippen MR) is 130 cm³/mol. The molecular weight excluding hydrogens is 444 g/mol. The van der Waals surface area contributed by atoms with Crippen LogP contribution in [-0.4, -0.2) is 64.5 Å². The Morgan fingerprint density at radius 3 is 2.49 bits per heavy atom. The van der Waals surface area contributed by atoms with E-state index in [0.717, 1.165) is 37.2 Å². The maximum atomic E-state index is 13.4. The zero-order valence-corrected chi connectivity index (χ0v) is 19.6. The molecule has 1 atom stereocenters. The maximum Gasteiger partial charge on any atom is 0.254 e. The molecule has 0 bridgehead atoms. The van der Waals surface area contributed by atoms with Crippen LogP contribution in [0.15, 0.2) is 61.4 Å². The topological polar surface area (TPSA) is 101 Å². The van der Waals surface area contributed by atoms with Crippen molar-refractivity contribution in [3.05, 3.63) is 78.1 Å². The molecule has 0 saturated carbocycles. The Morgan fingerprint density at radius 1 is 1.00 bits per heavy atom. The molecule has 5 rings (SSSR count). The van der Waals surface area contributed by atoms with Gasteiger partial charge in [0, 0.05) is 74.2 Å². The average molecular weight is 473 g/mol. The zero-order chi connectivity index (χ0) is 24.2. The third-order valence-corrected chi connectivity index (χ3v) is 6.78. The van der Waals surface area contributed by atoms with E-state index in [2.05, 4.69) is 25.2 Å². The lowest BCUT2D eigenvalue weighted by molar-refractivity contribution is 0.0709. The second kappa shape index (κ2) is 10.1. The fraction of sp³-hybridized carbons (Fsp3) is 0.346. The van der Waals surface area contributed by atoms with E-state index in [1.807, 2.05) is 36.2 Å². The monoisotopic (exact) mass is 472 g/mol. The number of piperidine rings is 1. The average Bonchev–Trinajstić information content (AvgIpc) is 2.93. The van der Waals surface area contributed by atoms with Gasteiger partial charge in [0.05, 0.1) is 18.2 Å². The van der Waals surface area contributed by atoms with Crippen LogP contribution in [0.25, 0.3) is 0 Å². The van der Waals surface area contributed by atoms with Gasteiger partial charge >= 0.3 is 0 Å². The Hall–Kier alpha value is -4.01. The second-order valence-corrected chi connectivity index (χ2v) is 8.88. The van der Waals surface area contributed by atoms with Crippen LogP contribution in [0.2, 0.25) is 0 Å². The standard InChI is InChI=1S/C26H28N6O3/c1-31(20-6-11-32(12-7-20)21-4-9-27-10-5-21)26(34)18-2-3-24-22(14-18)23(8-13-35-24)30-25(33)19-15-28-17-29-16-19/h2-5,9-10,14-17,20,23H,6-8,11-13H2,1H3,(H,30,33). The fourth-order valence-corrected chi connectivity index (χ4v) is 4.77. The molecule has 3 aromatic rings. The number of fused-ring (bicyclic) bond motifs is 1. The Balaban J connectivity index is 1.27. The first-order valence-corrected chi connectivity index (χ1v) is 11.8. The van der Waals surface area contributed by atoms with Gasteiger partial charge in [-0.25, -0.2) is 9.97 Å². The van der Waals surface area contributed by atoms with Crippen LogP contribution >= 0.6 is 0 Å². The molecule has 0 radical (unpaired) electrons. The molecule has 2 aliphatic heterocycles. The van der Waals surface area contributed by atoms with Crippen molar-refractivity contribution in [3.63, 3.8) is 0 Å². The number of hydrogen-bond acceptors (Lipinski definition) is 7. The minimum Gasteiger partial charge on any atom is -0.493 e. The van der Waals surface area contributed by atoms with E-state index in [1.165, 1.54) is 18.7 Å². The highest BCUT2D eigenvalue weighted by atomic mass is 16.5. The molecule has 2 aliphatic rings. The largest absolute Gasteiger partial charge is 0.493 e. The first-order chi connectivity index (χ1) is 17.1. The number of benzene rings is 1. The molecule has 9 nitrogen and oxygen atoms in total. The Kier molecular flexibility index (Phi) is 6.56. The van der Waals surface area contributed by atoms with Gasteiger partial charge in [0.25, 0.3) is 11.8 Å². The number of nitrogens with one attached hydrogen (secondary N) is 1. The number of pyridine rings is 1. The van der Waals surface area contributed by atoms with Gasteiger partial charge in [0.2, 0.25) is 0 Å². The molecule has 180 valence electrons. The van der Waals surface area contributed by atoms with Crippen molar-refractivity contribution in [2.24, 2.45) is 0 Å². The van der Waals surface area contributed by atoms with Gasteiger partial charge in [-0.1, -0.05) is 0 Å². The summed E-state index contributed by atoms with van der Waals surface area (Å²) in [7, 11) is 1.87. The molecule has 0 spiro atoms. The summed E-state index contributed by atoms with van der Waals surface area (Å²) < 4.78 is 5.80. The van der Waals surface area contributed by atoms with Gasteiger partial charge < -0.3 is 19.9 Å². The smallest absolute Gasteiger partial charge is 0.254 e. The molecule has 35 heavy (non-hydrogen) atoms. The minimum atomic E-state index is -0.256. The van der Waals surface area contributed by atoms with Crippen LogP contribution < -0.4 is 15.0 Å². The molecule has 2 aromatic heterocycles. The zero-order valence-electron chi connectivity index (χ0n) is 19.6. The minimum absolute atomic E-state index is 0.0257. The lowest BCUT2D eigenvalue weighted by Gasteiger charge is -2.38.